The molecule has 0 bridgehead atoms. The molecule has 3 rings (SSSR count). The third kappa shape index (κ3) is 2.81. The standard InChI is InChI=1S/C16H16N2OS/c1-19-10-15(12-5-3-2-4-6-12)18-13-7-8-14-16(9-13)20-11-17-14/h2-9,11,15,18H,10H2,1H3. The first-order chi connectivity index (χ1) is 9.86. The molecule has 102 valence electrons. The van der Waals surface area contributed by atoms with Crippen LogP contribution in [0.15, 0.2) is 54.0 Å². The molecule has 1 aromatic heterocycles. The second kappa shape index (κ2) is 6.03. The van der Waals surface area contributed by atoms with E-state index in [1.54, 1.807) is 18.4 Å². The molecular formula is C16H16N2OS. The molecule has 3 nitrogen and oxygen atoms in total. The van der Waals surface area contributed by atoms with E-state index >= 15 is 0 Å². The molecule has 0 spiro atoms. The number of hydrogen-bond acceptors (Lipinski definition) is 4. The molecule has 0 amide bonds. The van der Waals surface area contributed by atoms with E-state index in [1.165, 1.54) is 10.3 Å². The minimum atomic E-state index is 0.145. The highest BCUT2D eigenvalue weighted by Crippen LogP contribution is 2.25. The first-order valence-corrected chi connectivity index (χ1v) is 7.38. The van der Waals surface area contributed by atoms with Gasteiger partial charge in [-0.3, -0.25) is 0 Å². The lowest BCUT2D eigenvalue weighted by atomic mass is 10.1. The summed E-state index contributed by atoms with van der Waals surface area (Å²) in [5.41, 5.74) is 5.23. The average Bonchev–Trinajstić information content (AvgIpc) is 2.95. The van der Waals surface area contributed by atoms with Gasteiger partial charge in [-0.15, -0.1) is 11.3 Å². The predicted octanol–water partition coefficient (Wildman–Crippen LogP) is 4.10. The van der Waals surface area contributed by atoms with Gasteiger partial charge in [0.15, 0.2) is 0 Å². The number of nitrogens with one attached hydrogen (secondary N) is 1. The Morgan fingerprint density at radius 3 is 2.85 bits per heavy atom. The Kier molecular flexibility index (Phi) is 3.95. The number of ether oxygens (including phenoxy) is 1. The van der Waals surface area contributed by atoms with Crippen LogP contribution in [-0.2, 0) is 4.74 Å². The Bertz CT molecular complexity index is 681. The molecule has 1 atom stereocenters. The van der Waals surface area contributed by atoms with E-state index in [2.05, 4.69) is 34.6 Å². The second-order valence-electron chi connectivity index (χ2n) is 4.60. The van der Waals surface area contributed by atoms with Crippen LogP contribution in [0.2, 0.25) is 0 Å². The summed E-state index contributed by atoms with van der Waals surface area (Å²) < 4.78 is 6.52. The summed E-state index contributed by atoms with van der Waals surface area (Å²) in [4.78, 5) is 4.30. The van der Waals surface area contributed by atoms with Gasteiger partial charge < -0.3 is 10.1 Å². The van der Waals surface area contributed by atoms with Crippen molar-refractivity contribution in [1.29, 1.82) is 0 Å². The van der Waals surface area contributed by atoms with Crippen molar-refractivity contribution in [3.05, 3.63) is 59.6 Å². The Morgan fingerprint density at radius 1 is 1.20 bits per heavy atom. The quantitative estimate of drug-likeness (QED) is 0.766. The lowest BCUT2D eigenvalue weighted by Gasteiger charge is -2.19. The van der Waals surface area contributed by atoms with E-state index in [1.807, 2.05) is 29.8 Å². The second-order valence-corrected chi connectivity index (χ2v) is 5.48. The van der Waals surface area contributed by atoms with Gasteiger partial charge in [0, 0.05) is 12.8 Å². The van der Waals surface area contributed by atoms with Gasteiger partial charge in [0.1, 0.15) is 0 Å². The predicted molar refractivity (Wildman–Crippen MR) is 84.3 cm³/mol. The summed E-state index contributed by atoms with van der Waals surface area (Å²) in [5.74, 6) is 0. The lowest BCUT2D eigenvalue weighted by Crippen LogP contribution is -2.16. The summed E-state index contributed by atoms with van der Waals surface area (Å²) in [7, 11) is 1.73. The van der Waals surface area contributed by atoms with Gasteiger partial charge in [-0.25, -0.2) is 4.98 Å². The van der Waals surface area contributed by atoms with Gasteiger partial charge in [-0.2, -0.15) is 0 Å². The van der Waals surface area contributed by atoms with Crippen molar-refractivity contribution in [3.63, 3.8) is 0 Å². The highest BCUT2D eigenvalue weighted by atomic mass is 32.1. The van der Waals surface area contributed by atoms with Gasteiger partial charge in [-0.1, -0.05) is 30.3 Å². The van der Waals surface area contributed by atoms with Crippen molar-refractivity contribution < 1.29 is 4.74 Å². The highest BCUT2D eigenvalue weighted by molar-refractivity contribution is 7.16. The van der Waals surface area contributed by atoms with E-state index in [0.29, 0.717) is 6.61 Å². The number of hydrogen-bond donors (Lipinski definition) is 1. The van der Waals surface area contributed by atoms with E-state index < -0.39 is 0 Å². The number of benzene rings is 2. The summed E-state index contributed by atoms with van der Waals surface area (Å²) >= 11 is 1.66. The fourth-order valence-corrected chi connectivity index (χ4v) is 2.94. The molecule has 20 heavy (non-hydrogen) atoms. The smallest absolute Gasteiger partial charge is 0.0813 e. The highest BCUT2D eigenvalue weighted by Gasteiger charge is 2.11. The Balaban J connectivity index is 1.85. The molecule has 0 saturated heterocycles. The Morgan fingerprint density at radius 2 is 2.05 bits per heavy atom. The minimum absolute atomic E-state index is 0.145. The number of nitrogens with zero attached hydrogens (tertiary/aromatic N) is 1. The first kappa shape index (κ1) is 13.1. The van der Waals surface area contributed by atoms with Crippen LogP contribution in [-0.4, -0.2) is 18.7 Å². The van der Waals surface area contributed by atoms with Gasteiger partial charge in [0.05, 0.1) is 28.4 Å². The van der Waals surface area contributed by atoms with E-state index in [9.17, 15) is 0 Å². The third-order valence-electron chi connectivity index (χ3n) is 3.21. The van der Waals surface area contributed by atoms with Crippen molar-refractivity contribution in [2.24, 2.45) is 0 Å². The zero-order valence-corrected chi connectivity index (χ0v) is 12.1. The van der Waals surface area contributed by atoms with Crippen LogP contribution in [0.5, 0.6) is 0 Å². The fourth-order valence-electron chi connectivity index (χ4n) is 2.22. The molecule has 0 aliphatic rings. The van der Waals surface area contributed by atoms with Gasteiger partial charge in [-0.05, 0) is 23.8 Å². The van der Waals surface area contributed by atoms with E-state index in [0.717, 1.165) is 11.2 Å². The van der Waals surface area contributed by atoms with E-state index in [4.69, 9.17) is 4.74 Å². The monoisotopic (exact) mass is 284 g/mol. The van der Waals surface area contributed by atoms with Gasteiger partial charge in [0.25, 0.3) is 0 Å². The summed E-state index contributed by atoms with van der Waals surface area (Å²) in [6.07, 6.45) is 0. The van der Waals surface area contributed by atoms with Crippen LogP contribution in [0.1, 0.15) is 11.6 Å². The normalized spacial score (nSPS) is 12.4. The summed E-state index contributed by atoms with van der Waals surface area (Å²) in [6.45, 7) is 0.630. The maximum absolute atomic E-state index is 5.33. The number of rotatable bonds is 5. The Labute approximate surface area is 122 Å². The van der Waals surface area contributed by atoms with Gasteiger partial charge >= 0.3 is 0 Å². The molecule has 2 aromatic carbocycles. The lowest BCUT2D eigenvalue weighted by molar-refractivity contribution is 0.186. The van der Waals surface area contributed by atoms with Crippen LogP contribution in [0.4, 0.5) is 5.69 Å². The molecule has 1 unspecified atom stereocenters. The SMILES string of the molecule is COCC(Nc1ccc2ncsc2c1)c1ccccc1. The molecule has 0 radical (unpaired) electrons. The fraction of sp³-hybridized carbons (Fsp3) is 0.188. The Hall–Kier alpha value is -1.91. The maximum atomic E-state index is 5.33. The number of methoxy groups -OCH3 is 1. The molecule has 0 aliphatic heterocycles. The van der Waals surface area contributed by atoms with Crippen LogP contribution in [0.25, 0.3) is 10.2 Å². The zero-order valence-electron chi connectivity index (χ0n) is 11.2. The largest absolute Gasteiger partial charge is 0.382 e. The van der Waals surface area contributed by atoms with Crippen LogP contribution < -0.4 is 5.32 Å². The molecule has 0 fully saturated rings. The van der Waals surface area contributed by atoms with Crippen LogP contribution >= 0.6 is 11.3 Å². The summed E-state index contributed by atoms with van der Waals surface area (Å²) in [5, 5.41) is 3.53. The van der Waals surface area contributed by atoms with Crippen LogP contribution in [0, 0.1) is 0 Å². The number of anilines is 1. The van der Waals surface area contributed by atoms with Crippen molar-refractivity contribution in [1.82, 2.24) is 4.98 Å². The van der Waals surface area contributed by atoms with Gasteiger partial charge in [0.2, 0.25) is 0 Å². The first-order valence-electron chi connectivity index (χ1n) is 6.50. The molecule has 4 heteroatoms. The maximum Gasteiger partial charge on any atom is 0.0813 e. The topological polar surface area (TPSA) is 34.1 Å². The molecule has 1 N–H and O–H groups in total. The van der Waals surface area contributed by atoms with Crippen molar-refractivity contribution >= 4 is 27.2 Å². The number of aromatic nitrogens is 1. The minimum Gasteiger partial charge on any atom is -0.382 e. The van der Waals surface area contributed by atoms with Crippen LogP contribution in [0.3, 0.4) is 0 Å². The molecule has 3 aromatic rings. The van der Waals surface area contributed by atoms with E-state index in [-0.39, 0.29) is 6.04 Å². The summed E-state index contributed by atoms with van der Waals surface area (Å²) in [6, 6.07) is 16.7. The number of thiazole rings is 1. The third-order valence-corrected chi connectivity index (χ3v) is 4.00. The zero-order chi connectivity index (χ0) is 13.8. The van der Waals surface area contributed by atoms with Crippen molar-refractivity contribution in [3.8, 4) is 0 Å². The average molecular weight is 284 g/mol. The molecule has 0 saturated carbocycles. The molecular weight excluding hydrogens is 268 g/mol. The number of fused-ring (bicyclic) bond motifs is 1. The van der Waals surface area contributed by atoms with Crippen molar-refractivity contribution in [2.75, 3.05) is 19.0 Å². The van der Waals surface area contributed by atoms with Crippen molar-refractivity contribution in [2.45, 2.75) is 6.04 Å². The molecule has 1 heterocycles. The molecule has 0 aliphatic carbocycles.